The molecule has 122 valence electrons. The summed E-state index contributed by atoms with van der Waals surface area (Å²) in [4.78, 5) is 16.7. The van der Waals surface area contributed by atoms with Gasteiger partial charge in [0.15, 0.2) is 0 Å². The second-order valence-electron chi connectivity index (χ2n) is 7.33. The van der Waals surface area contributed by atoms with E-state index in [1.54, 1.807) is 6.20 Å². The molecule has 2 rings (SSSR count). The van der Waals surface area contributed by atoms with Gasteiger partial charge in [-0.2, -0.15) is 0 Å². The largest absolute Gasteiger partial charge is 1.00 e. The van der Waals surface area contributed by atoms with Gasteiger partial charge in [0.1, 0.15) is 17.8 Å². The minimum Gasteiger partial charge on any atom is -1.00 e. The van der Waals surface area contributed by atoms with Crippen LogP contribution in [0.5, 0.6) is 0 Å². The summed E-state index contributed by atoms with van der Waals surface area (Å²) in [6.07, 6.45) is 3.15. The van der Waals surface area contributed by atoms with Gasteiger partial charge in [-0.15, -0.1) is 0 Å². The monoisotopic (exact) mass is 417 g/mol. The molecule has 0 aromatic carbocycles. The molecule has 0 aliphatic rings. The Morgan fingerprint density at radius 1 is 1.32 bits per heavy atom. The maximum Gasteiger partial charge on any atom is 0.420 e. The topological polar surface area (TPSA) is 44.1 Å². The van der Waals surface area contributed by atoms with Crippen molar-refractivity contribution in [2.75, 3.05) is 21.1 Å². The van der Waals surface area contributed by atoms with E-state index in [1.165, 1.54) is 4.57 Å². The van der Waals surface area contributed by atoms with Gasteiger partial charge in [-0.1, -0.05) is 0 Å². The van der Waals surface area contributed by atoms with E-state index in [0.717, 1.165) is 22.0 Å². The van der Waals surface area contributed by atoms with Crippen LogP contribution in [0.4, 0.5) is 4.79 Å². The molecule has 0 unspecified atom stereocenters. The van der Waals surface area contributed by atoms with E-state index >= 15 is 0 Å². The highest BCUT2D eigenvalue weighted by Gasteiger charge is 2.23. The molecule has 0 N–H and O–H groups in total. The first-order valence-electron chi connectivity index (χ1n) is 7.06. The Hall–Kier alpha value is -1.15. The van der Waals surface area contributed by atoms with Crippen molar-refractivity contribution in [2.45, 2.75) is 32.9 Å². The number of aromatic nitrogens is 2. The second-order valence-corrected chi connectivity index (χ2v) is 7.33. The zero-order valence-corrected chi connectivity index (χ0v) is 16.2. The van der Waals surface area contributed by atoms with Gasteiger partial charge in [-0.05, 0) is 32.9 Å². The zero-order valence-electron chi connectivity index (χ0n) is 14.1. The van der Waals surface area contributed by atoms with E-state index < -0.39 is 5.60 Å². The highest BCUT2D eigenvalue weighted by Crippen LogP contribution is 2.23. The number of nitrogens with zero attached hydrogens (tertiary/aromatic N) is 3. The number of hydrogen-bond donors (Lipinski definition) is 0. The molecule has 22 heavy (non-hydrogen) atoms. The van der Waals surface area contributed by atoms with Gasteiger partial charge >= 0.3 is 6.09 Å². The second kappa shape index (κ2) is 6.54. The minimum absolute atomic E-state index is 0. The molecular formula is C16H24IN3O2. The van der Waals surface area contributed by atoms with E-state index in [9.17, 15) is 4.79 Å². The van der Waals surface area contributed by atoms with Gasteiger partial charge in [0.2, 0.25) is 0 Å². The summed E-state index contributed by atoms with van der Waals surface area (Å²) in [5.41, 5.74) is 1.22. The van der Waals surface area contributed by atoms with Crippen LogP contribution in [-0.2, 0) is 11.3 Å². The predicted octanol–water partition coefficient (Wildman–Crippen LogP) is 0.0297. The Bertz CT molecular complexity index is 666. The average Bonchev–Trinajstić information content (AvgIpc) is 2.64. The number of halogens is 1. The third-order valence-electron chi connectivity index (χ3n) is 2.88. The molecule has 0 spiro atoms. The Balaban J connectivity index is 0.00000242. The number of ether oxygens (including phenoxy) is 1. The van der Waals surface area contributed by atoms with E-state index in [-0.39, 0.29) is 30.1 Å². The molecule has 0 saturated heterocycles. The first-order valence-corrected chi connectivity index (χ1v) is 7.06. The molecule has 2 aromatic rings. The fraction of sp³-hybridized carbons (Fsp3) is 0.500. The standard InChI is InChI=1S/C16H24N3O2.HI/c1-16(2,3)21-15(20)18-10-12(11-19(4,5)6)13-8-7-9-17-14(13)18;/h7-10H,11H2,1-6H3;1H/q+1;/p-1. The van der Waals surface area contributed by atoms with E-state index in [4.69, 9.17) is 4.74 Å². The van der Waals surface area contributed by atoms with Crippen LogP contribution in [0, 0.1) is 0 Å². The van der Waals surface area contributed by atoms with Crippen LogP contribution in [0.2, 0.25) is 0 Å². The lowest BCUT2D eigenvalue weighted by Gasteiger charge is -2.23. The fourth-order valence-electron chi connectivity index (χ4n) is 2.21. The van der Waals surface area contributed by atoms with Gasteiger partial charge < -0.3 is 33.2 Å². The average molecular weight is 417 g/mol. The molecule has 2 heterocycles. The normalized spacial score (nSPS) is 12.1. The number of hydrogen-bond acceptors (Lipinski definition) is 3. The summed E-state index contributed by atoms with van der Waals surface area (Å²) in [6, 6.07) is 3.88. The SMILES string of the molecule is CC(C)(C)OC(=O)n1cc(C[N+](C)(C)C)c2cccnc21.[I-]. The predicted molar refractivity (Wildman–Crippen MR) is 83.1 cm³/mol. The van der Waals surface area contributed by atoms with Crippen LogP contribution >= 0.6 is 0 Å². The maximum atomic E-state index is 12.3. The smallest absolute Gasteiger partial charge is 0.420 e. The highest BCUT2D eigenvalue weighted by molar-refractivity contribution is 5.89. The number of carbonyl (C=O) groups excluding carboxylic acids is 1. The Morgan fingerprint density at radius 2 is 1.95 bits per heavy atom. The van der Waals surface area contributed by atoms with Crippen molar-refractivity contribution in [1.29, 1.82) is 0 Å². The molecule has 0 atom stereocenters. The van der Waals surface area contributed by atoms with Crippen LogP contribution in [0.3, 0.4) is 0 Å². The lowest BCUT2D eigenvalue weighted by Crippen LogP contribution is -3.00. The molecule has 0 aliphatic heterocycles. The van der Waals surface area contributed by atoms with Crippen LogP contribution in [0.15, 0.2) is 24.5 Å². The molecule has 5 nitrogen and oxygen atoms in total. The lowest BCUT2D eigenvalue weighted by atomic mass is 10.2. The Morgan fingerprint density at radius 3 is 2.50 bits per heavy atom. The van der Waals surface area contributed by atoms with Gasteiger partial charge in [0, 0.05) is 23.3 Å². The number of quaternary nitrogens is 1. The van der Waals surface area contributed by atoms with Crippen molar-refractivity contribution in [3.63, 3.8) is 0 Å². The highest BCUT2D eigenvalue weighted by atomic mass is 127. The molecule has 0 fully saturated rings. The maximum absolute atomic E-state index is 12.3. The van der Waals surface area contributed by atoms with E-state index in [1.807, 2.05) is 39.1 Å². The molecular weight excluding hydrogens is 393 g/mol. The van der Waals surface area contributed by atoms with Crippen LogP contribution in [0.1, 0.15) is 26.3 Å². The third-order valence-corrected chi connectivity index (χ3v) is 2.88. The molecule has 0 saturated carbocycles. The van der Waals surface area contributed by atoms with Crippen molar-refractivity contribution < 1.29 is 38.0 Å². The Kier molecular flexibility index (Phi) is 5.61. The molecule has 6 heteroatoms. The molecule has 0 aliphatic carbocycles. The summed E-state index contributed by atoms with van der Waals surface area (Å²) in [5, 5.41) is 0.997. The van der Waals surface area contributed by atoms with Crippen molar-refractivity contribution in [1.82, 2.24) is 9.55 Å². The van der Waals surface area contributed by atoms with Crippen molar-refractivity contribution in [3.8, 4) is 0 Å². The number of rotatable bonds is 2. The number of pyridine rings is 1. The first-order chi connectivity index (χ1) is 9.57. The third kappa shape index (κ3) is 4.67. The van der Waals surface area contributed by atoms with E-state index in [2.05, 4.69) is 26.1 Å². The van der Waals surface area contributed by atoms with Gasteiger partial charge in [0.05, 0.1) is 21.1 Å². The van der Waals surface area contributed by atoms with Crippen molar-refractivity contribution in [2.24, 2.45) is 0 Å². The summed E-state index contributed by atoms with van der Waals surface area (Å²) < 4.78 is 7.74. The van der Waals surface area contributed by atoms with E-state index in [0.29, 0.717) is 5.65 Å². The first kappa shape index (κ1) is 18.9. The Labute approximate surface area is 148 Å². The van der Waals surface area contributed by atoms with Gasteiger partial charge in [0.25, 0.3) is 0 Å². The summed E-state index contributed by atoms with van der Waals surface area (Å²) in [5.74, 6) is 0. The van der Waals surface area contributed by atoms with Crippen LogP contribution < -0.4 is 24.0 Å². The summed E-state index contributed by atoms with van der Waals surface area (Å²) >= 11 is 0. The molecule has 0 bridgehead atoms. The molecule has 2 aromatic heterocycles. The minimum atomic E-state index is -0.525. The van der Waals surface area contributed by atoms with Gasteiger partial charge in [-0.3, -0.25) is 0 Å². The quantitative estimate of drug-likeness (QED) is 0.512. The number of fused-ring (bicyclic) bond motifs is 1. The molecule has 0 amide bonds. The van der Waals surface area contributed by atoms with Crippen LogP contribution in [-0.4, -0.2) is 46.9 Å². The number of carbonyl (C=O) groups is 1. The summed E-state index contributed by atoms with van der Waals surface area (Å²) in [6.45, 7) is 6.39. The van der Waals surface area contributed by atoms with Crippen molar-refractivity contribution in [3.05, 3.63) is 30.1 Å². The lowest BCUT2D eigenvalue weighted by molar-refractivity contribution is -0.883. The van der Waals surface area contributed by atoms with Crippen molar-refractivity contribution >= 4 is 17.1 Å². The van der Waals surface area contributed by atoms with Gasteiger partial charge in [-0.25, -0.2) is 14.3 Å². The fourth-order valence-corrected chi connectivity index (χ4v) is 2.21. The van der Waals surface area contributed by atoms with Crippen LogP contribution in [0.25, 0.3) is 11.0 Å². The zero-order chi connectivity index (χ0) is 15.8. The molecule has 0 radical (unpaired) electrons. The summed E-state index contributed by atoms with van der Waals surface area (Å²) in [7, 11) is 6.35.